The van der Waals surface area contributed by atoms with Gasteiger partial charge in [-0.15, -0.1) is 0 Å². The van der Waals surface area contributed by atoms with Crippen molar-refractivity contribution in [2.75, 3.05) is 0 Å². The number of aromatic nitrogens is 1. The third-order valence-corrected chi connectivity index (χ3v) is 4.99. The molecule has 0 fully saturated rings. The molecule has 0 aliphatic carbocycles. The number of halogens is 3. The van der Waals surface area contributed by atoms with E-state index >= 15 is 0 Å². The standard InChI is InChI=1S/C22H29F3N2O2/c1-12-14(19(26)29)10-17(27(12)11-22(23,24)25)13-8-15(20(2,3)4)18(28)16(9-13)21(5,6)7/h8-10,28H,11H2,1-7H3,(H2,26,29). The van der Waals surface area contributed by atoms with E-state index in [2.05, 4.69) is 0 Å². The van der Waals surface area contributed by atoms with Crippen LogP contribution in [0.25, 0.3) is 11.3 Å². The van der Waals surface area contributed by atoms with Gasteiger partial charge in [-0.05, 0) is 41.5 Å². The summed E-state index contributed by atoms with van der Waals surface area (Å²) in [5.74, 6) is -0.648. The summed E-state index contributed by atoms with van der Waals surface area (Å²) in [6, 6.07) is 4.78. The van der Waals surface area contributed by atoms with Crippen LogP contribution >= 0.6 is 0 Å². The Labute approximate surface area is 169 Å². The number of benzene rings is 1. The number of nitrogens with two attached hydrogens (primary N) is 1. The Morgan fingerprint density at radius 2 is 1.45 bits per heavy atom. The van der Waals surface area contributed by atoms with Crippen molar-refractivity contribution in [3.63, 3.8) is 0 Å². The first kappa shape index (κ1) is 22.8. The fourth-order valence-corrected chi connectivity index (χ4v) is 3.44. The van der Waals surface area contributed by atoms with Crippen molar-refractivity contribution < 1.29 is 23.1 Å². The van der Waals surface area contributed by atoms with Crippen LogP contribution in [0.15, 0.2) is 18.2 Å². The lowest BCUT2D eigenvalue weighted by atomic mass is 9.78. The van der Waals surface area contributed by atoms with E-state index in [9.17, 15) is 23.1 Å². The maximum atomic E-state index is 13.3. The van der Waals surface area contributed by atoms with Crippen LogP contribution in [-0.4, -0.2) is 21.8 Å². The molecule has 4 nitrogen and oxygen atoms in total. The van der Waals surface area contributed by atoms with Gasteiger partial charge >= 0.3 is 6.18 Å². The highest BCUT2D eigenvalue weighted by Crippen LogP contribution is 2.42. The Kier molecular flexibility index (Phi) is 5.60. The number of carbonyl (C=O) groups is 1. The fourth-order valence-electron chi connectivity index (χ4n) is 3.44. The molecule has 0 aliphatic rings. The van der Waals surface area contributed by atoms with Crippen molar-refractivity contribution in [3.05, 3.63) is 40.6 Å². The summed E-state index contributed by atoms with van der Waals surface area (Å²) in [6.45, 7) is 11.8. The Hall–Kier alpha value is -2.44. The average Bonchev–Trinajstić information content (AvgIpc) is 2.81. The number of nitrogens with zero attached hydrogens (tertiary/aromatic N) is 1. The summed E-state index contributed by atoms with van der Waals surface area (Å²) in [5.41, 5.74) is 6.70. The second-order valence-electron chi connectivity index (χ2n) is 9.51. The van der Waals surface area contributed by atoms with Crippen LogP contribution in [0.4, 0.5) is 13.2 Å². The quantitative estimate of drug-likeness (QED) is 0.709. The van der Waals surface area contributed by atoms with Crippen LogP contribution in [0.3, 0.4) is 0 Å². The van der Waals surface area contributed by atoms with Gasteiger partial charge in [-0.2, -0.15) is 13.2 Å². The lowest BCUT2D eigenvalue weighted by Gasteiger charge is -2.28. The molecule has 1 aromatic carbocycles. The van der Waals surface area contributed by atoms with Crippen molar-refractivity contribution in [3.8, 4) is 17.0 Å². The van der Waals surface area contributed by atoms with Crippen LogP contribution in [-0.2, 0) is 17.4 Å². The summed E-state index contributed by atoms with van der Waals surface area (Å²) in [6.07, 6.45) is -4.47. The molecule has 0 unspecified atom stereocenters. The normalized spacial score (nSPS) is 13.0. The molecule has 0 atom stereocenters. The van der Waals surface area contributed by atoms with Crippen LogP contribution in [0.2, 0.25) is 0 Å². The molecule has 0 aliphatic heterocycles. The van der Waals surface area contributed by atoms with Gasteiger partial charge in [0.05, 0.1) is 5.56 Å². The molecule has 1 aromatic heterocycles. The number of phenols is 1. The lowest BCUT2D eigenvalue weighted by molar-refractivity contribution is -0.140. The van der Waals surface area contributed by atoms with Crippen molar-refractivity contribution in [2.24, 2.45) is 5.73 Å². The van der Waals surface area contributed by atoms with Gasteiger partial charge in [0.1, 0.15) is 12.3 Å². The molecule has 3 N–H and O–H groups in total. The zero-order valence-electron chi connectivity index (χ0n) is 18.0. The Morgan fingerprint density at radius 3 is 1.79 bits per heavy atom. The summed E-state index contributed by atoms with van der Waals surface area (Å²) in [7, 11) is 0. The highest BCUT2D eigenvalue weighted by atomic mass is 19.4. The van der Waals surface area contributed by atoms with Gasteiger partial charge in [0.15, 0.2) is 0 Å². The second-order valence-corrected chi connectivity index (χ2v) is 9.51. The zero-order valence-corrected chi connectivity index (χ0v) is 18.0. The molecule has 2 aromatic rings. The predicted molar refractivity (Wildman–Crippen MR) is 108 cm³/mol. The van der Waals surface area contributed by atoms with E-state index in [1.54, 1.807) is 12.1 Å². The highest BCUT2D eigenvalue weighted by molar-refractivity contribution is 5.95. The van der Waals surface area contributed by atoms with Crippen LogP contribution in [0, 0.1) is 6.92 Å². The van der Waals surface area contributed by atoms with Crippen molar-refractivity contribution in [1.82, 2.24) is 4.57 Å². The average molecular weight is 410 g/mol. The molecular weight excluding hydrogens is 381 g/mol. The Morgan fingerprint density at radius 1 is 1.00 bits per heavy atom. The third kappa shape index (κ3) is 4.77. The van der Waals surface area contributed by atoms with E-state index in [-0.39, 0.29) is 22.7 Å². The first-order chi connectivity index (χ1) is 12.9. The van der Waals surface area contributed by atoms with Crippen molar-refractivity contribution in [1.29, 1.82) is 0 Å². The molecule has 0 saturated heterocycles. The van der Waals surface area contributed by atoms with Gasteiger partial charge in [0.25, 0.3) is 5.91 Å². The third-order valence-electron chi connectivity index (χ3n) is 4.99. The molecule has 2 rings (SSSR count). The molecule has 0 saturated carbocycles. The summed E-state index contributed by atoms with van der Waals surface area (Å²) in [5, 5.41) is 10.9. The molecule has 29 heavy (non-hydrogen) atoms. The smallest absolute Gasteiger partial charge is 0.406 e. The second kappa shape index (κ2) is 7.11. The number of amides is 1. The molecule has 7 heteroatoms. The summed E-state index contributed by atoms with van der Waals surface area (Å²) >= 11 is 0. The van der Waals surface area contributed by atoms with E-state index in [0.29, 0.717) is 16.7 Å². The number of primary amides is 1. The van der Waals surface area contributed by atoms with E-state index < -0.39 is 29.5 Å². The fraction of sp³-hybridized carbons (Fsp3) is 0.500. The first-order valence-electron chi connectivity index (χ1n) is 9.38. The Bertz CT molecular complexity index is 908. The number of hydrogen-bond donors (Lipinski definition) is 2. The van der Waals surface area contributed by atoms with Gasteiger partial charge in [-0.3, -0.25) is 4.79 Å². The molecule has 1 heterocycles. The minimum Gasteiger partial charge on any atom is -0.507 e. The first-order valence-corrected chi connectivity index (χ1v) is 9.38. The van der Waals surface area contributed by atoms with E-state index in [1.165, 1.54) is 13.0 Å². The minimum absolute atomic E-state index is 0.0481. The van der Waals surface area contributed by atoms with Gasteiger partial charge in [-0.25, -0.2) is 0 Å². The zero-order chi connectivity index (χ0) is 22.5. The number of phenolic OH excluding ortho intramolecular Hbond substituents is 1. The van der Waals surface area contributed by atoms with Crippen molar-refractivity contribution >= 4 is 5.91 Å². The number of hydrogen-bond acceptors (Lipinski definition) is 2. The summed E-state index contributed by atoms with van der Waals surface area (Å²) in [4.78, 5) is 11.8. The Balaban J connectivity index is 2.90. The van der Waals surface area contributed by atoms with Crippen molar-refractivity contribution in [2.45, 2.75) is 72.0 Å². The van der Waals surface area contributed by atoms with E-state index in [4.69, 9.17) is 5.73 Å². The molecular formula is C22H29F3N2O2. The number of aromatic hydroxyl groups is 1. The van der Waals surface area contributed by atoms with Gasteiger partial charge in [-0.1, -0.05) is 41.5 Å². The maximum absolute atomic E-state index is 13.3. The van der Waals surface area contributed by atoms with Gasteiger partial charge in [0, 0.05) is 22.5 Å². The summed E-state index contributed by atoms with van der Waals surface area (Å²) < 4.78 is 40.8. The highest BCUT2D eigenvalue weighted by Gasteiger charge is 2.32. The van der Waals surface area contributed by atoms with Gasteiger partial charge in [0.2, 0.25) is 0 Å². The number of carbonyl (C=O) groups excluding carboxylic acids is 1. The van der Waals surface area contributed by atoms with E-state index in [0.717, 1.165) is 4.57 Å². The number of alkyl halides is 3. The molecule has 160 valence electrons. The minimum atomic E-state index is -4.47. The molecule has 0 spiro atoms. The SMILES string of the molecule is Cc1c(C(N)=O)cc(-c2cc(C(C)(C)C)c(O)c(C(C)(C)C)c2)n1CC(F)(F)F. The number of rotatable bonds is 3. The monoisotopic (exact) mass is 410 g/mol. The topological polar surface area (TPSA) is 68.2 Å². The van der Waals surface area contributed by atoms with Gasteiger partial charge < -0.3 is 15.4 Å². The van der Waals surface area contributed by atoms with Crippen LogP contribution < -0.4 is 5.73 Å². The largest absolute Gasteiger partial charge is 0.507 e. The lowest BCUT2D eigenvalue weighted by Crippen LogP contribution is -2.21. The molecule has 0 radical (unpaired) electrons. The maximum Gasteiger partial charge on any atom is 0.406 e. The van der Waals surface area contributed by atoms with E-state index in [1.807, 2.05) is 41.5 Å². The van der Waals surface area contributed by atoms with Crippen LogP contribution in [0.5, 0.6) is 5.75 Å². The predicted octanol–water partition coefficient (Wildman–Crippen LogP) is 5.43. The van der Waals surface area contributed by atoms with Crippen LogP contribution in [0.1, 0.15) is 68.7 Å². The molecule has 1 amide bonds. The molecule has 0 bridgehead atoms.